The van der Waals surface area contributed by atoms with Gasteiger partial charge in [-0.15, -0.1) is 0 Å². The summed E-state index contributed by atoms with van der Waals surface area (Å²) in [5.41, 5.74) is 1.30. The van der Waals surface area contributed by atoms with Gasteiger partial charge in [0.15, 0.2) is 0 Å². The highest BCUT2D eigenvalue weighted by Gasteiger charge is 2.62. The van der Waals surface area contributed by atoms with Crippen molar-refractivity contribution in [3.05, 3.63) is 83.2 Å². The number of H-pyrrole nitrogens is 1. The third kappa shape index (κ3) is 6.58. The van der Waals surface area contributed by atoms with E-state index in [1.807, 2.05) is 13.1 Å². The van der Waals surface area contributed by atoms with Gasteiger partial charge in [-0.3, -0.25) is 4.79 Å². The van der Waals surface area contributed by atoms with Gasteiger partial charge in [0, 0.05) is 24.5 Å². The predicted molar refractivity (Wildman–Crippen MR) is 163 cm³/mol. The molecule has 2 N–H and O–H groups in total. The molecule has 0 radical (unpaired) electrons. The Morgan fingerprint density at radius 2 is 2.07 bits per heavy atom. The number of carbonyl (C=O) groups excluding carboxylic acids is 1. The summed E-state index contributed by atoms with van der Waals surface area (Å²) >= 11 is 0. The Balaban J connectivity index is 1.14. The first-order valence-electron chi connectivity index (χ1n) is 16.1. The Morgan fingerprint density at radius 3 is 2.77 bits per heavy atom. The fourth-order valence-corrected chi connectivity index (χ4v) is 8.03. The summed E-state index contributed by atoms with van der Waals surface area (Å²) in [5.74, 6) is 0.0101. The number of allylic oxidation sites excluding steroid dienone is 5. The lowest BCUT2D eigenvalue weighted by molar-refractivity contribution is -0.140. The minimum absolute atomic E-state index is 0.0229. The normalized spacial score (nSPS) is 29.8. The maximum atomic E-state index is 13.9. The quantitative estimate of drug-likeness (QED) is 0.117. The van der Waals surface area contributed by atoms with Crippen LogP contribution in [0.2, 0.25) is 0 Å². The number of fused-ring (bicyclic) bond motifs is 1. The standard InChI is InChI=1S/C35H42F4N4O/c1-2-7-24(9-12-30-40-15-16-41-30)34-14-13-23(20-25(34)22-34)31-27(8-3-4-17-43-18-5-6-19-43)32(31)33(44)42-26-10-11-29(36)28(21-26)35(37,38)39/h2,7-11,15-16,21,23,25,31-32H,3-6,12-14,17-20,22H2,1H3,(H,40,41)(H,42,44)/b7-2-,24-9+,27-8+/t23-,25?,31?,32?,34-/m1/s1. The minimum Gasteiger partial charge on any atom is -0.348 e. The van der Waals surface area contributed by atoms with Gasteiger partial charge in [0.25, 0.3) is 0 Å². The second-order valence-corrected chi connectivity index (χ2v) is 13.1. The van der Waals surface area contributed by atoms with Gasteiger partial charge < -0.3 is 15.2 Å². The lowest BCUT2D eigenvalue weighted by atomic mass is 9.75. The average Bonchev–Trinajstić information content (AvgIpc) is 3.70. The number of hydrogen-bond acceptors (Lipinski definition) is 3. The SMILES string of the molecule is C/C=C\C(=C/Cc1ncc[nH]1)[C@]12CC[C@@H](C3/C(=C\CCCN4CCCC4)C3C(=O)Nc3ccc(F)c(C(F)(F)F)c3)CC1C2. The maximum Gasteiger partial charge on any atom is 0.419 e. The molecular formula is C35H42F4N4O. The van der Waals surface area contributed by atoms with Crippen molar-refractivity contribution < 1.29 is 22.4 Å². The van der Waals surface area contributed by atoms with E-state index < -0.39 is 17.6 Å². The van der Waals surface area contributed by atoms with E-state index in [9.17, 15) is 22.4 Å². The number of aromatic nitrogens is 2. The molecule has 6 rings (SSSR count). The van der Waals surface area contributed by atoms with Crippen molar-refractivity contribution in [1.29, 1.82) is 0 Å². The first-order chi connectivity index (χ1) is 21.2. The number of carbonyl (C=O) groups is 1. The molecule has 44 heavy (non-hydrogen) atoms. The number of benzene rings is 1. The Bertz CT molecular complexity index is 1420. The van der Waals surface area contributed by atoms with Crippen LogP contribution < -0.4 is 5.32 Å². The van der Waals surface area contributed by atoms with E-state index in [0.717, 1.165) is 82.0 Å². The molecule has 9 heteroatoms. The molecule has 2 aromatic rings. The highest BCUT2D eigenvalue weighted by Crippen LogP contribution is 2.70. The van der Waals surface area contributed by atoms with Crippen LogP contribution in [0.4, 0.5) is 23.2 Å². The van der Waals surface area contributed by atoms with Crippen molar-refractivity contribution in [2.75, 3.05) is 25.0 Å². The Kier molecular flexibility index (Phi) is 8.86. The molecule has 3 aliphatic carbocycles. The van der Waals surface area contributed by atoms with Crippen LogP contribution in [-0.4, -0.2) is 40.4 Å². The van der Waals surface area contributed by atoms with Gasteiger partial charge in [-0.2, -0.15) is 13.2 Å². The Morgan fingerprint density at radius 1 is 1.25 bits per heavy atom. The van der Waals surface area contributed by atoms with Crippen LogP contribution in [0.25, 0.3) is 0 Å². The minimum atomic E-state index is -4.83. The second-order valence-electron chi connectivity index (χ2n) is 13.1. The highest BCUT2D eigenvalue weighted by molar-refractivity contribution is 5.98. The van der Waals surface area contributed by atoms with Crippen molar-refractivity contribution in [2.24, 2.45) is 29.1 Å². The van der Waals surface area contributed by atoms with Crippen molar-refractivity contribution in [1.82, 2.24) is 14.9 Å². The molecule has 1 amide bonds. The summed E-state index contributed by atoms with van der Waals surface area (Å²) in [7, 11) is 0. The van der Waals surface area contributed by atoms with E-state index in [0.29, 0.717) is 17.9 Å². The smallest absolute Gasteiger partial charge is 0.348 e. The summed E-state index contributed by atoms with van der Waals surface area (Å²) in [4.78, 5) is 23.5. The van der Waals surface area contributed by atoms with Crippen LogP contribution in [-0.2, 0) is 17.4 Å². The molecule has 0 bridgehead atoms. The molecule has 4 aliphatic rings. The molecular weight excluding hydrogens is 568 g/mol. The van der Waals surface area contributed by atoms with Gasteiger partial charge in [-0.1, -0.05) is 29.9 Å². The number of likely N-dealkylation sites (tertiary alicyclic amines) is 1. The molecule has 3 saturated carbocycles. The number of amides is 1. The highest BCUT2D eigenvalue weighted by atomic mass is 19.4. The van der Waals surface area contributed by atoms with Crippen LogP contribution in [0.3, 0.4) is 0 Å². The average molecular weight is 611 g/mol. The van der Waals surface area contributed by atoms with Gasteiger partial charge >= 0.3 is 6.18 Å². The number of rotatable bonds is 11. The number of anilines is 1. The summed E-state index contributed by atoms with van der Waals surface area (Å²) in [6.07, 6.45) is 17.1. The molecule has 1 saturated heterocycles. The van der Waals surface area contributed by atoms with Crippen molar-refractivity contribution in [3.63, 3.8) is 0 Å². The number of unbranched alkanes of at least 4 members (excludes halogenated alkanes) is 1. The van der Waals surface area contributed by atoms with Crippen LogP contribution in [0.15, 0.2) is 66.0 Å². The van der Waals surface area contributed by atoms with Gasteiger partial charge in [-0.25, -0.2) is 9.37 Å². The van der Waals surface area contributed by atoms with Crippen molar-refractivity contribution in [3.8, 4) is 0 Å². The summed E-state index contributed by atoms with van der Waals surface area (Å²) in [5, 5.41) is 2.69. The number of alkyl halides is 3. The molecule has 1 aromatic carbocycles. The largest absolute Gasteiger partial charge is 0.419 e. The third-order valence-electron chi connectivity index (χ3n) is 10.4. The monoisotopic (exact) mass is 610 g/mol. The van der Waals surface area contributed by atoms with Gasteiger partial charge in [0.2, 0.25) is 5.91 Å². The predicted octanol–water partition coefficient (Wildman–Crippen LogP) is 8.11. The molecule has 236 valence electrons. The van der Waals surface area contributed by atoms with Crippen LogP contribution >= 0.6 is 0 Å². The number of aromatic amines is 1. The molecule has 3 unspecified atom stereocenters. The van der Waals surface area contributed by atoms with Gasteiger partial charge in [-0.05, 0) is 125 Å². The first kappa shape index (κ1) is 30.8. The molecule has 1 aliphatic heterocycles. The lowest BCUT2D eigenvalue weighted by Crippen LogP contribution is -2.22. The zero-order valence-electron chi connectivity index (χ0n) is 25.3. The summed E-state index contributed by atoms with van der Waals surface area (Å²) in [6, 6.07) is 2.67. The zero-order chi connectivity index (χ0) is 30.9. The summed E-state index contributed by atoms with van der Waals surface area (Å²) in [6.45, 7) is 5.40. The van der Waals surface area contributed by atoms with Gasteiger partial charge in [0.1, 0.15) is 11.6 Å². The zero-order valence-corrected chi connectivity index (χ0v) is 25.3. The van der Waals surface area contributed by atoms with Crippen LogP contribution in [0.5, 0.6) is 0 Å². The molecule has 0 spiro atoms. The number of hydrogen-bond donors (Lipinski definition) is 2. The summed E-state index contributed by atoms with van der Waals surface area (Å²) < 4.78 is 53.8. The molecule has 2 heterocycles. The van der Waals surface area contributed by atoms with E-state index in [-0.39, 0.29) is 28.8 Å². The van der Waals surface area contributed by atoms with Crippen LogP contribution in [0, 0.1) is 34.9 Å². The second kappa shape index (κ2) is 12.7. The molecule has 5 atom stereocenters. The lowest BCUT2D eigenvalue weighted by Gasteiger charge is -2.29. The fraction of sp³-hybridized carbons (Fsp3) is 0.543. The molecule has 4 fully saturated rings. The Labute approximate surface area is 256 Å². The van der Waals surface area contributed by atoms with Crippen molar-refractivity contribution >= 4 is 11.6 Å². The van der Waals surface area contributed by atoms with E-state index in [4.69, 9.17) is 0 Å². The number of halogens is 4. The fourth-order valence-electron chi connectivity index (χ4n) is 8.03. The number of nitrogens with zero attached hydrogens (tertiary/aromatic N) is 2. The first-order valence-corrected chi connectivity index (χ1v) is 16.1. The Hall–Kier alpha value is -3.20. The van der Waals surface area contributed by atoms with Crippen molar-refractivity contribution in [2.45, 2.75) is 70.9 Å². The maximum absolute atomic E-state index is 13.9. The topological polar surface area (TPSA) is 61.0 Å². The van der Waals surface area contributed by atoms with E-state index in [1.165, 1.54) is 24.5 Å². The van der Waals surface area contributed by atoms with E-state index in [2.05, 4.69) is 44.5 Å². The molecule has 5 nitrogen and oxygen atoms in total. The van der Waals surface area contributed by atoms with E-state index >= 15 is 0 Å². The van der Waals surface area contributed by atoms with Crippen LogP contribution in [0.1, 0.15) is 69.7 Å². The van der Waals surface area contributed by atoms with E-state index in [1.54, 1.807) is 6.20 Å². The number of imidazole rings is 1. The molecule has 1 aromatic heterocycles. The number of nitrogens with one attached hydrogen (secondary N) is 2. The third-order valence-corrected chi connectivity index (χ3v) is 10.4. The van der Waals surface area contributed by atoms with Gasteiger partial charge in [0.05, 0.1) is 11.5 Å².